The third-order valence-corrected chi connectivity index (χ3v) is 5.39. The van der Waals surface area contributed by atoms with Crippen LogP contribution in [0.3, 0.4) is 0 Å². The molecule has 7 nitrogen and oxygen atoms in total. The highest BCUT2D eigenvalue weighted by Gasteiger charge is 2.34. The van der Waals surface area contributed by atoms with Crippen LogP contribution in [0.1, 0.15) is 32.2 Å². The summed E-state index contributed by atoms with van der Waals surface area (Å²) < 4.78 is 11.2. The summed E-state index contributed by atoms with van der Waals surface area (Å²) in [6.07, 6.45) is 1.33. The monoisotopic (exact) mass is 417 g/mol. The number of benzene rings is 3. The molecule has 0 radical (unpaired) electrons. The first-order chi connectivity index (χ1) is 15.6. The van der Waals surface area contributed by atoms with E-state index in [1.54, 1.807) is 36.4 Å². The van der Waals surface area contributed by atoms with Crippen LogP contribution in [0.15, 0.2) is 75.1 Å². The number of hydrogen-bond donors (Lipinski definition) is 0. The number of carbonyl (C=O) groups excluding carboxylic acids is 2. The molecule has 0 fully saturated rings. The maximum absolute atomic E-state index is 12.9. The molecule has 0 bridgehead atoms. The maximum Gasteiger partial charge on any atom is 0.288 e. The number of Topliss-reactive ketones (excluding diaryl/α,β-unsaturated/α-hetero) is 2. The van der Waals surface area contributed by atoms with Crippen LogP contribution < -0.4 is 0 Å². The molecule has 2 aromatic heterocycles. The Morgan fingerprint density at radius 2 is 1.44 bits per heavy atom. The van der Waals surface area contributed by atoms with Gasteiger partial charge in [0.05, 0.1) is 17.2 Å². The van der Waals surface area contributed by atoms with Gasteiger partial charge in [0.1, 0.15) is 0 Å². The van der Waals surface area contributed by atoms with E-state index < -0.39 is 0 Å². The molecule has 0 atom stereocenters. The molecule has 1 aliphatic rings. The van der Waals surface area contributed by atoms with Crippen molar-refractivity contribution < 1.29 is 18.4 Å². The van der Waals surface area contributed by atoms with E-state index in [9.17, 15) is 9.59 Å². The second kappa shape index (κ2) is 6.59. The van der Waals surface area contributed by atoms with Crippen molar-refractivity contribution in [1.29, 1.82) is 5.26 Å². The highest BCUT2D eigenvalue weighted by Crippen LogP contribution is 2.32. The summed E-state index contributed by atoms with van der Waals surface area (Å²) in [5, 5.41) is 10.7. The fourth-order valence-corrected chi connectivity index (χ4v) is 3.79. The molecule has 0 aliphatic heterocycles. The minimum absolute atomic E-state index is 0.00785. The quantitative estimate of drug-likeness (QED) is 0.294. The van der Waals surface area contributed by atoms with Crippen LogP contribution in [0.2, 0.25) is 0 Å². The lowest BCUT2D eigenvalue weighted by molar-refractivity contribution is 0.0990. The Kier molecular flexibility index (Phi) is 3.70. The van der Waals surface area contributed by atoms with Gasteiger partial charge in [0.25, 0.3) is 11.4 Å². The SMILES string of the molecule is N#Cc1ccc(-c2nc3oc(C=C4C(=O)c5cc6ccccc6cc5C4=O)nc3o2)cc1. The zero-order valence-electron chi connectivity index (χ0n) is 16.3. The molecule has 0 spiro atoms. The first-order valence-corrected chi connectivity index (χ1v) is 9.72. The van der Waals surface area contributed by atoms with E-state index in [1.807, 2.05) is 30.3 Å². The van der Waals surface area contributed by atoms with Crippen LogP contribution in [-0.2, 0) is 0 Å². The number of aromatic nitrogens is 2. The lowest BCUT2D eigenvalue weighted by atomic mass is 10.0. The Hall–Kier alpha value is -4.83. The summed E-state index contributed by atoms with van der Waals surface area (Å²) >= 11 is 0. The Bertz CT molecular complexity index is 1580. The largest absolute Gasteiger partial charge is 0.415 e. The summed E-state index contributed by atoms with van der Waals surface area (Å²) in [5.74, 6) is -0.373. The molecule has 0 saturated carbocycles. The Morgan fingerprint density at radius 1 is 0.812 bits per heavy atom. The molecule has 0 amide bonds. The lowest BCUT2D eigenvalue weighted by Crippen LogP contribution is -2.00. The van der Waals surface area contributed by atoms with Crippen LogP contribution >= 0.6 is 0 Å². The first-order valence-electron chi connectivity index (χ1n) is 9.72. The number of rotatable bonds is 2. The normalized spacial score (nSPS) is 13.0. The minimum Gasteiger partial charge on any atom is -0.415 e. The number of allylic oxidation sites excluding steroid dienone is 1. The van der Waals surface area contributed by atoms with E-state index in [2.05, 4.69) is 9.97 Å². The Labute approximate surface area is 180 Å². The van der Waals surface area contributed by atoms with Gasteiger partial charge in [-0.15, -0.1) is 0 Å². The van der Waals surface area contributed by atoms with Crippen molar-refractivity contribution in [2.24, 2.45) is 0 Å². The summed E-state index contributed by atoms with van der Waals surface area (Å²) in [5.41, 5.74) is 2.23. The number of fused-ring (bicyclic) bond motifs is 3. The predicted molar refractivity (Wildman–Crippen MR) is 115 cm³/mol. The van der Waals surface area contributed by atoms with Crippen LogP contribution in [0.5, 0.6) is 0 Å². The van der Waals surface area contributed by atoms with E-state index >= 15 is 0 Å². The number of hydrogen-bond acceptors (Lipinski definition) is 7. The first kappa shape index (κ1) is 18.0. The highest BCUT2D eigenvalue weighted by atomic mass is 16.4. The molecular formula is C25H11N3O4. The van der Waals surface area contributed by atoms with Crippen molar-refractivity contribution in [2.45, 2.75) is 0 Å². The van der Waals surface area contributed by atoms with Gasteiger partial charge in [-0.1, -0.05) is 24.3 Å². The van der Waals surface area contributed by atoms with Crippen molar-refractivity contribution in [1.82, 2.24) is 9.97 Å². The van der Waals surface area contributed by atoms with Crippen LogP contribution in [0, 0.1) is 11.3 Å². The molecule has 0 N–H and O–H groups in total. The van der Waals surface area contributed by atoms with E-state index in [0.29, 0.717) is 28.1 Å². The fourth-order valence-electron chi connectivity index (χ4n) is 3.79. The molecule has 7 heteroatoms. The number of oxazole rings is 2. The zero-order valence-corrected chi connectivity index (χ0v) is 16.3. The number of carbonyl (C=O) groups is 2. The molecule has 32 heavy (non-hydrogen) atoms. The van der Waals surface area contributed by atoms with Crippen molar-refractivity contribution in [3.8, 4) is 17.5 Å². The maximum atomic E-state index is 12.9. The molecule has 2 heterocycles. The molecule has 3 aromatic carbocycles. The molecule has 1 aliphatic carbocycles. The van der Waals surface area contributed by atoms with E-state index in [-0.39, 0.29) is 34.5 Å². The summed E-state index contributed by atoms with van der Waals surface area (Å²) in [4.78, 5) is 34.2. The highest BCUT2D eigenvalue weighted by molar-refractivity contribution is 6.41. The van der Waals surface area contributed by atoms with Gasteiger partial charge in [-0.3, -0.25) is 9.59 Å². The average molecular weight is 417 g/mol. The van der Waals surface area contributed by atoms with E-state index in [0.717, 1.165) is 10.8 Å². The fraction of sp³-hybridized carbons (Fsp3) is 0. The summed E-state index contributed by atoms with van der Waals surface area (Å²) in [6.45, 7) is 0. The van der Waals surface area contributed by atoms with Crippen molar-refractivity contribution in [2.75, 3.05) is 0 Å². The van der Waals surface area contributed by atoms with Gasteiger partial charge in [0, 0.05) is 22.8 Å². The van der Waals surface area contributed by atoms with Crippen molar-refractivity contribution in [3.63, 3.8) is 0 Å². The van der Waals surface area contributed by atoms with Gasteiger partial charge in [-0.05, 0) is 47.2 Å². The Morgan fingerprint density at radius 3 is 2.03 bits per heavy atom. The topological polar surface area (TPSA) is 110 Å². The molecule has 150 valence electrons. The van der Waals surface area contributed by atoms with Gasteiger partial charge < -0.3 is 8.83 Å². The molecule has 0 saturated heterocycles. The van der Waals surface area contributed by atoms with Gasteiger partial charge in [-0.25, -0.2) is 0 Å². The van der Waals surface area contributed by atoms with Crippen LogP contribution in [0.4, 0.5) is 0 Å². The second-order valence-corrected chi connectivity index (χ2v) is 7.33. The van der Waals surface area contributed by atoms with Crippen molar-refractivity contribution >= 4 is 39.8 Å². The average Bonchev–Trinajstić information content (AvgIpc) is 3.45. The molecule has 5 aromatic rings. The number of ketones is 2. The minimum atomic E-state index is -0.364. The van der Waals surface area contributed by atoms with Crippen LogP contribution in [-0.4, -0.2) is 21.5 Å². The molecule has 6 rings (SSSR count). The summed E-state index contributed by atoms with van der Waals surface area (Å²) in [6, 6.07) is 19.8. The number of nitrogens with zero attached hydrogens (tertiary/aromatic N) is 3. The van der Waals surface area contributed by atoms with E-state index in [4.69, 9.17) is 14.1 Å². The van der Waals surface area contributed by atoms with E-state index in [1.165, 1.54) is 6.08 Å². The van der Waals surface area contributed by atoms with Crippen LogP contribution in [0.25, 0.3) is 39.7 Å². The smallest absolute Gasteiger partial charge is 0.288 e. The number of nitriles is 1. The predicted octanol–water partition coefficient (Wildman–Crippen LogP) is 4.97. The van der Waals surface area contributed by atoms with Crippen molar-refractivity contribution in [3.05, 3.63) is 88.8 Å². The van der Waals surface area contributed by atoms with Gasteiger partial charge in [0.2, 0.25) is 11.8 Å². The Balaban J connectivity index is 1.36. The summed E-state index contributed by atoms with van der Waals surface area (Å²) in [7, 11) is 0. The van der Waals surface area contributed by atoms with Gasteiger partial charge >= 0.3 is 0 Å². The third-order valence-electron chi connectivity index (χ3n) is 5.39. The molecule has 0 unspecified atom stereocenters. The second-order valence-electron chi connectivity index (χ2n) is 7.33. The standard InChI is InChI=1S/C25H11N3O4/c26-12-13-5-7-14(8-6-13)23-28-25-24(32-23)27-20(31-25)11-19-21(29)17-9-15-3-1-2-4-16(15)10-18(17)22(19)30/h1-11H. The third kappa shape index (κ3) is 2.67. The zero-order chi connectivity index (χ0) is 21.8. The lowest BCUT2D eigenvalue weighted by Gasteiger charge is -2.00. The van der Waals surface area contributed by atoms with Gasteiger partial charge in [0.15, 0.2) is 11.6 Å². The molecular weight excluding hydrogens is 406 g/mol. The van der Waals surface area contributed by atoms with Gasteiger partial charge in [-0.2, -0.15) is 15.2 Å².